The molecule has 0 amide bonds. The molecule has 0 unspecified atom stereocenters. The lowest BCUT2D eigenvalue weighted by atomic mass is 9.91. The number of hydrogen-bond donors (Lipinski definition) is 3. The van der Waals surface area contributed by atoms with Crippen LogP contribution in [0.25, 0.3) is 0 Å². The number of nitrogens with two attached hydrogens (primary N) is 1. The van der Waals surface area contributed by atoms with Crippen LogP contribution in [0.4, 0.5) is 11.8 Å². The third-order valence-corrected chi connectivity index (χ3v) is 3.07. The Morgan fingerprint density at radius 3 is 2.83 bits per heavy atom. The summed E-state index contributed by atoms with van der Waals surface area (Å²) in [6.07, 6.45) is 1.44. The average molecular weight is 254 g/mol. The Labute approximate surface area is 105 Å². The van der Waals surface area contributed by atoms with Gasteiger partial charge in [0.05, 0.1) is 19.3 Å². The summed E-state index contributed by atoms with van der Waals surface area (Å²) in [5.74, 6) is 1.08. The van der Waals surface area contributed by atoms with E-state index in [0.29, 0.717) is 24.9 Å². The molecule has 0 radical (unpaired) electrons. The van der Waals surface area contributed by atoms with E-state index in [1.54, 1.807) is 6.07 Å². The Morgan fingerprint density at radius 2 is 2.22 bits per heavy atom. The highest BCUT2D eigenvalue weighted by Gasteiger charge is 2.32. The van der Waals surface area contributed by atoms with Crippen molar-refractivity contribution in [3.05, 3.63) is 6.07 Å². The van der Waals surface area contributed by atoms with Crippen molar-refractivity contribution < 1.29 is 14.6 Å². The van der Waals surface area contributed by atoms with Crippen LogP contribution in [-0.4, -0.2) is 47.5 Å². The fourth-order valence-electron chi connectivity index (χ4n) is 1.97. The Bertz CT molecular complexity index is 407. The SMILES string of the molecule is COc1cc(NC2(CO)CCOCC2)nc(N)n1. The molecule has 0 spiro atoms. The number of nitrogens with zero attached hydrogens (tertiary/aromatic N) is 2. The highest BCUT2D eigenvalue weighted by atomic mass is 16.5. The van der Waals surface area contributed by atoms with Gasteiger partial charge in [-0.25, -0.2) is 0 Å². The van der Waals surface area contributed by atoms with Crippen molar-refractivity contribution in [2.45, 2.75) is 18.4 Å². The van der Waals surface area contributed by atoms with Gasteiger partial charge in [-0.2, -0.15) is 9.97 Å². The van der Waals surface area contributed by atoms with Crippen LogP contribution in [0.15, 0.2) is 6.07 Å². The Kier molecular flexibility index (Phi) is 3.83. The number of hydrogen-bond acceptors (Lipinski definition) is 7. The summed E-state index contributed by atoms with van der Waals surface area (Å²) in [5, 5.41) is 12.8. The number of methoxy groups -OCH3 is 1. The lowest BCUT2D eigenvalue weighted by molar-refractivity contribution is 0.0378. The molecule has 0 aromatic carbocycles. The van der Waals surface area contributed by atoms with Gasteiger partial charge in [0.2, 0.25) is 11.8 Å². The molecule has 1 aromatic heterocycles. The van der Waals surface area contributed by atoms with Crippen molar-refractivity contribution >= 4 is 11.8 Å². The second-order valence-corrected chi connectivity index (χ2v) is 4.33. The third-order valence-electron chi connectivity index (χ3n) is 3.07. The first-order chi connectivity index (χ1) is 8.67. The molecular formula is C11H18N4O3. The van der Waals surface area contributed by atoms with Crippen LogP contribution in [0.1, 0.15) is 12.8 Å². The second-order valence-electron chi connectivity index (χ2n) is 4.33. The van der Waals surface area contributed by atoms with E-state index in [4.69, 9.17) is 15.2 Å². The minimum absolute atomic E-state index is 0.0165. The van der Waals surface area contributed by atoms with Gasteiger partial charge < -0.3 is 25.6 Å². The number of aromatic nitrogens is 2. The van der Waals surface area contributed by atoms with Gasteiger partial charge in [-0.15, -0.1) is 0 Å². The summed E-state index contributed by atoms with van der Waals surface area (Å²) >= 11 is 0. The van der Waals surface area contributed by atoms with Crippen molar-refractivity contribution in [3.63, 3.8) is 0 Å². The van der Waals surface area contributed by atoms with Crippen LogP contribution in [0.2, 0.25) is 0 Å². The van der Waals surface area contributed by atoms with E-state index in [0.717, 1.165) is 12.8 Å². The van der Waals surface area contributed by atoms with E-state index >= 15 is 0 Å². The number of rotatable bonds is 4. The largest absolute Gasteiger partial charge is 0.481 e. The molecule has 1 aliphatic heterocycles. The average Bonchev–Trinajstić information content (AvgIpc) is 2.39. The zero-order valence-electron chi connectivity index (χ0n) is 10.3. The minimum atomic E-state index is -0.413. The van der Waals surface area contributed by atoms with Crippen molar-refractivity contribution in [1.82, 2.24) is 9.97 Å². The number of ether oxygens (including phenoxy) is 2. The van der Waals surface area contributed by atoms with Crippen LogP contribution in [-0.2, 0) is 4.74 Å². The van der Waals surface area contributed by atoms with E-state index in [1.165, 1.54) is 7.11 Å². The first kappa shape index (κ1) is 12.8. The zero-order chi connectivity index (χ0) is 13.0. The van der Waals surface area contributed by atoms with Crippen LogP contribution in [0.5, 0.6) is 5.88 Å². The number of aliphatic hydroxyl groups excluding tert-OH is 1. The smallest absolute Gasteiger partial charge is 0.225 e. The first-order valence-corrected chi connectivity index (χ1v) is 5.83. The van der Waals surface area contributed by atoms with Crippen molar-refractivity contribution in [2.24, 2.45) is 0 Å². The summed E-state index contributed by atoms with van der Waals surface area (Å²) in [6, 6.07) is 1.66. The fraction of sp³-hybridized carbons (Fsp3) is 0.636. The molecule has 7 heteroatoms. The van der Waals surface area contributed by atoms with Gasteiger partial charge in [-0.05, 0) is 12.8 Å². The number of nitrogen functional groups attached to an aromatic ring is 1. The van der Waals surface area contributed by atoms with Crippen molar-refractivity contribution in [2.75, 3.05) is 38.0 Å². The zero-order valence-corrected chi connectivity index (χ0v) is 10.3. The van der Waals surface area contributed by atoms with Crippen molar-refractivity contribution in [3.8, 4) is 5.88 Å². The topological polar surface area (TPSA) is 103 Å². The Hall–Kier alpha value is -1.60. The quantitative estimate of drug-likeness (QED) is 0.696. The molecule has 1 saturated heterocycles. The number of nitrogens with one attached hydrogen (secondary N) is 1. The number of anilines is 2. The molecule has 0 saturated carbocycles. The second kappa shape index (κ2) is 5.36. The van der Waals surface area contributed by atoms with Gasteiger partial charge in [0.25, 0.3) is 0 Å². The molecule has 18 heavy (non-hydrogen) atoms. The molecule has 0 atom stereocenters. The maximum atomic E-state index is 9.57. The summed E-state index contributed by atoms with van der Waals surface area (Å²) in [5.41, 5.74) is 5.18. The van der Waals surface area contributed by atoms with Gasteiger partial charge >= 0.3 is 0 Å². The molecule has 4 N–H and O–H groups in total. The molecule has 2 rings (SSSR count). The summed E-state index contributed by atoms with van der Waals surface area (Å²) in [7, 11) is 1.52. The van der Waals surface area contributed by atoms with Gasteiger partial charge in [0, 0.05) is 19.3 Å². The molecule has 0 bridgehead atoms. The predicted molar refractivity (Wildman–Crippen MR) is 66.5 cm³/mol. The van der Waals surface area contributed by atoms with Crippen LogP contribution in [0, 0.1) is 0 Å². The highest BCUT2D eigenvalue weighted by molar-refractivity contribution is 5.45. The summed E-state index contributed by atoms with van der Waals surface area (Å²) in [6.45, 7) is 1.25. The van der Waals surface area contributed by atoms with Gasteiger partial charge in [0.15, 0.2) is 0 Å². The Balaban J connectivity index is 2.18. The molecule has 2 heterocycles. The van der Waals surface area contributed by atoms with Gasteiger partial charge in [0.1, 0.15) is 5.82 Å². The molecular weight excluding hydrogens is 236 g/mol. The molecule has 0 aliphatic carbocycles. The maximum Gasteiger partial charge on any atom is 0.225 e. The van der Waals surface area contributed by atoms with E-state index < -0.39 is 5.54 Å². The molecule has 1 fully saturated rings. The highest BCUT2D eigenvalue weighted by Crippen LogP contribution is 2.26. The third kappa shape index (κ3) is 2.80. The van der Waals surface area contributed by atoms with E-state index in [2.05, 4.69) is 15.3 Å². The number of aliphatic hydroxyl groups is 1. The van der Waals surface area contributed by atoms with Gasteiger partial charge in [-0.1, -0.05) is 0 Å². The molecule has 1 aliphatic rings. The van der Waals surface area contributed by atoms with Crippen LogP contribution in [0.3, 0.4) is 0 Å². The predicted octanol–water partition coefficient (Wildman–Crippen LogP) is 0.0208. The molecule has 100 valence electrons. The summed E-state index contributed by atoms with van der Waals surface area (Å²) in [4.78, 5) is 8.00. The first-order valence-electron chi connectivity index (χ1n) is 5.83. The fourth-order valence-corrected chi connectivity index (χ4v) is 1.97. The lowest BCUT2D eigenvalue weighted by Crippen LogP contribution is -2.47. The van der Waals surface area contributed by atoms with E-state index in [1.807, 2.05) is 0 Å². The van der Waals surface area contributed by atoms with Crippen molar-refractivity contribution in [1.29, 1.82) is 0 Å². The maximum absolute atomic E-state index is 9.57. The Morgan fingerprint density at radius 1 is 1.50 bits per heavy atom. The summed E-state index contributed by atoms with van der Waals surface area (Å²) < 4.78 is 10.3. The monoisotopic (exact) mass is 254 g/mol. The van der Waals surface area contributed by atoms with E-state index in [9.17, 15) is 5.11 Å². The lowest BCUT2D eigenvalue weighted by Gasteiger charge is -2.36. The standard InChI is InChI=1S/C11H18N4O3/c1-17-9-6-8(13-10(12)14-9)15-11(7-16)2-4-18-5-3-11/h6,16H,2-5,7H2,1H3,(H3,12,13,14,15). The minimum Gasteiger partial charge on any atom is -0.481 e. The van der Waals surface area contributed by atoms with E-state index in [-0.39, 0.29) is 12.6 Å². The normalized spacial score (nSPS) is 18.3. The molecule has 1 aromatic rings. The van der Waals surface area contributed by atoms with Crippen LogP contribution < -0.4 is 15.8 Å². The van der Waals surface area contributed by atoms with Gasteiger partial charge in [-0.3, -0.25) is 0 Å². The van der Waals surface area contributed by atoms with Crippen LogP contribution >= 0.6 is 0 Å². The molecule has 7 nitrogen and oxygen atoms in total.